The predicted octanol–water partition coefficient (Wildman–Crippen LogP) is -0.110. The molecule has 0 bridgehead atoms. The molecule has 1 aliphatic rings. The molecule has 0 aliphatic heterocycles. The number of nitrogens with two attached hydrogens (primary N) is 1. The summed E-state index contributed by atoms with van der Waals surface area (Å²) in [5, 5.41) is 11.4. The summed E-state index contributed by atoms with van der Waals surface area (Å²) in [6.07, 6.45) is 6.42. The van der Waals surface area contributed by atoms with Gasteiger partial charge in [0.05, 0.1) is 19.8 Å². The van der Waals surface area contributed by atoms with Gasteiger partial charge in [0.2, 0.25) is 0 Å². The molecule has 3 nitrogen and oxygen atoms in total. The van der Waals surface area contributed by atoms with E-state index in [9.17, 15) is 5.11 Å². The molecule has 0 amide bonds. The van der Waals surface area contributed by atoms with Crippen LogP contribution in [0.2, 0.25) is 0 Å². The fourth-order valence-corrected chi connectivity index (χ4v) is 1.82. The van der Waals surface area contributed by atoms with Crippen LogP contribution in [0.3, 0.4) is 0 Å². The molecule has 1 rings (SSSR count). The van der Waals surface area contributed by atoms with E-state index < -0.39 is 0 Å². The van der Waals surface area contributed by atoms with Crippen LogP contribution in [0.15, 0.2) is 0 Å². The number of quaternary nitrogens is 1. The van der Waals surface area contributed by atoms with Gasteiger partial charge in [-0.1, -0.05) is 19.3 Å². The van der Waals surface area contributed by atoms with Gasteiger partial charge in [-0.15, -0.1) is 0 Å². The molecular weight excluding hydrogens is 166 g/mol. The van der Waals surface area contributed by atoms with Crippen LogP contribution in [0.5, 0.6) is 0 Å². The Kier molecular flexibility index (Phi) is 5.35. The topological polar surface area (TPSA) is 46.1 Å². The van der Waals surface area contributed by atoms with Gasteiger partial charge in [0, 0.05) is 0 Å². The van der Waals surface area contributed by atoms with Crippen molar-refractivity contribution in [2.75, 3.05) is 20.2 Å². The average molecular weight is 188 g/mol. The van der Waals surface area contributed by atoms with Crippen LogP contribution in [0, 0.1) is 0 Å². The van der Waals surface area contributed by atoms with Crippen molar-refractivity contribution >= 4 is 0 Å². The molecule has 0 radical (unpaired) electrons. The van der Waals surface area contributed by atoms with Gasteiger partial charge in [0.25, 0.3) is 0 Å². The van der Waals surface area contributed by atoms with Crippen molar-refractivity contribution in [3.63, 3.8) is 0 Å². The van der Waals surface area contributed by atoms with Crippen LogP contribution in [-0.4, -0.2) is 37.5 Å². The molecule has 0 saturated heterocycles. The van der Waals surface area contributed by atoms with Crippen molar-refractivity contribution in [3.8, 4) is 0 Å². The monoisotopic (exact) mass is 188 g/mol. The highest BCUT2D eigenvalue weighted by molar-refractivity contribution is 4.65. The second-order valence-corrected chi connectivity index (χ2v) is 3.89. The van der Waals surface area contributed by atoms with Crippen molar-refractivity contribution in [1.82, 2.24) is 0 Å². The standard InChI is InChI=1S/C10H21NO2/c1-11-7-9(12)8-13-10-5-3-2-4-6-10/h9-12H,2-8H2,1H3/p+1/t9-/m1/s1. The van der Waals surface area contributed by atoms with E-state index in [0.29, 0.717) is 12.7 Å². The van der Waals surface area contributed by atoms with Crippen molar-refractivity contribution in [2.24, 2.45) is 0 Å². The lowest BCUT2D eigenvalue weighted by atomic mass is 9.98. The number of hydrogen-bond acceptors (Lipinski definition) is 2. The van der Waals surface area contributed by atoms with E-state index in [4.69, 9.17) is 4.74 Å². The van der Waals surface area contributed by atoms with E-state index in [0.717, 1.165) is 6.54 Å². The van der Waals surface area contributed by atoms with Gasteiger partial charge < -0.3 is 15.2 Å². The molecule has 13 heavy (non-hydrogen) atoms. The van der Waals surface area contributed by atoms with Crippen LogP contribution in [0.25, 0.3) is 0 Å². The summed E-state index contributed by atoms with van der Waals surface area (Å²) in [6, 6.07) is 0. The Morgan fingerprint density at radius 2 is 2.08 bits per heavy atom. The average Bonchev–Trinajstić information content (AvgIpc) is 2.17. The van der Waals surface area contributed by atoms with E-state index >= 15 is 0 Å². The predicted molar refractivity (Wildman–Crippen MR) is 51.5 cm³/mol. The minimum atomic E-state index is -0.299. The van der Waals surface area contributed by atoms with E-state index in [1.165, 1.54) is 32.1 Å². The second-order valence-electron chi connectivity index (χ2n) is 3.89. The lowest BCUT2D eigenvalue weighted by Gasteiger charge is -2.22. The molecule has 1 atom stereocenters. The third-order valence-corrected chi connectivity index (χ3v) is 2.58. The van der Waals surface area contributed by atoms with Crippen LogP contribution >= 0.6 is 0 Å². The zero-order chi connectivity index (χ0) is 9.52. The first-order valence-corrected chi connectivity index (χ1v) is 5.40. The summed E-state index contributed by atoms with van der Waals surface area (Å²) in [5.74, 6) is 0. The normalized spacial score (nSPS) is 21.7. The Labute approximate surface area is 80.5 Å². The van der Waals surface area contributed by atoms with Crippen LogP contribution in [-0.2, 0) is 4.74 Å². The molecule has 78 valence electrons. The SMILES string of the molecule is C[NH2+]C[C@@H](O)COC1CCCCC1. The highest BCUT2D eigenvalue weighted by Crippen LogP contribution is 2.20. The van der Waals surface area contributed by atoms with Crippen molar-refractivity contribution in [3.05, 3.63) is 0 Å². The van der Waals surface area contributed by atoms with Crippen LogP contribution in [0.4, 0.5) is 0 Å². The zero-order valence-corrected chi connectivity index (χ0v) is 8.54. The lowest BCUT2D eigenvalue weighted by molar-refractivity contribution is -0.634. The summed E-state index contributed by atoms with van der Waals surface area (Å²) in [6.45, 7) is 1.25. The van der Waals surface area contributed by atoms with Gasteiger partial charge in [0.15, 0.2) is 0 Å². The molecule has 0 aromatic rings. The van der Waals surface area contributed by atoms with Crippen LogP contribution in [0.1, 0.15) is 32.1 Å². The summed E-state index contributed by atoms with van der Waals surface area (Å²) in [7, 11) is 1.96. The van der Waals surface area contributed by atoms with E-state index in [2.05, 4.69) is 0 Å². The van der Waals surface area contributed by atoms with Gasteiger partial charge in [-0.3, -0.25) is 0 Å². The van der Waals surface area contributed by atoms with Gasteiger partial charge in [-0.25, -0.2) is 0 Å². The molecule has 0 heterocycles. The fourth-order valence-electron chi connectivity index (χ4n) is 1.82. The Morgan fingerprint density at radius 1 is 1.38 bits per heavy atom. The van der Waals surface area contributed by atoms with Crippen LogP contribution < -0.4 is 5.32 Å². The van der Waals surface area contributed by atoms with E-state index in [1.807, 2.05) is 12.4 Å². The van der Waals surface area contributed by atoms with Gasteiger partial charge in [-0.2, -0.15) is 0 Å². The molecule has 1 aliphatic carbocycles. The molecule has 0 aromatic heterocycles. The Balaban J connectivity index is 2.03. The Morgan fingerprint density at radius 3 is 2.69 bits per heavy atom. The minimum Gasteiger partial charge on any atom is -0.385 e. The smallest absolute Gasteiger partial charge is 0.126 e. The molecule has 0 unspecified atom stereocenters. The van der Waals surface area contributed by atoms with Gasteiger partial charge in [0.1, 0.15) is 12.6 Å². The second kappa shape index (κ2) is 6.35. The fraction of sp³-hybridized carbons (Fsp3) is 1.00. The summed E-state index contributed by atoms with van der Waals surface area (Å²) in [5.41, 5.74) is 0. The first-order chi connectivity index (χ1) is 6.33. The quantitative estimate of drug-likeness (QED) is 0.632. The summed E-state index contributed by atoms with van der Waals surface area (Å²) < 4.78 is 5.63. The van der Waals surface area contributed by atoms with E-state index in [1.54, 1.807) is 0 Å². The molecular formula is C10H22NO2+. The van der Waals surface area contributed by atoms with E-state index in [-0.39, 0.29) is 6.10 Å². The molecule has 1 saturated carbocycles. The summed E-state index contributed by atoms with van der Waals surface area (Å²) >= 11 is 0. The first-order valence-electron chi connectivity index (χ1n) is 5.40. The zero-order valence-electron chi connectivity index (χ0n) is 8.54. The molecule has 0 spiro atoms. The number of rotatable bonds is 5. The van der Waals surface area contributed by atoms with Crippen molar-refractivity contribution < 1.29 is 15.2 Å². The van der Waals surface area contributed by atoms with Crippen molar-refractivity contribution in [1.29, 1.82) is 0 Å². The Hall–Kier alpha value is -0.120. The largest absolute Gasteiger partial charge is 0.385 e. The number of likely N-dealkylation sites (N-methyl/N-ethyl adjacent to an activating group) is 1. The number of ether oxygens (including phenoxy) is 1. The lowest BCUT2D eigenvalue weighted by Crippen LogP contribution is -2.82. The van der Waals surface area contributed by atoms with Gasteiger partial charge >= 0.3 is 0 Å². The summed E-state index contributed by atoms with van der Waals surface area (Å²) in [4.78, 5) is 0. The Bertz CT molecular complexity index is 124. The third-order valence-electron chi connectivity index (χ3n) is 2.58. The highest BCUT2D eigenvalue weighted by Gasteiger charge is 2.15. The van der Waals surface area contributed by atoms with Crippen molar-refractivity contribution in [2.45, 2.75) is 44.3 Å². The van der Waals surface area contributed by atoms with Gasteiger partial charge in [-0.05, 0) is 12.8 Å². The first kappa shape index (κ1) is 11.0. The highest BCUT2D eigenvalue weighted by atomic mass is 16.5. The maximum atomic E-state index is 9.42. The molecule has 3 N–H and O–H groups in total. The maximum absolute atomic E-state index is 9.42. The molecule has 1 fully saturated rings. The number of aliphatic hydroxyl groups excluding tert-OH is 1. The molecule has 0 aromatic carbocycles. The number of hydrogen-bond donors (Lipinski definition) is 2. The third kappa shape index (κ3) is 4.60. The molecule has 3 heteroatoms. The maximum Gasteiger partial charge on any atom is 0.126 e. The number of aliphatic hydroxyl groups is 1. The minimum absolute atomic E-state index is 0.299.